The van der Waals surface area contributed by atoms with Crippen LogP contribution in [0.3, 0.4) is 0 Å². The highest BCUT2D eigenvalue weighted by Gasteiger charge is 2.17. The molecule has 3 N–H and O–H groups in total. The van der Waals surface area contributed by atoms with Gasteiger partial charge in [0, 0.05) is 0 Å². The monoisotopic (exact) mass is 304 g/mol. The molecule has 0 unspecified atom stereocenters. The Kier molecular flexibility index (Phi) is 5.88. The summed E-state index contributed by atoms with van der Waals surface area (Å²) in [4.78, 5) is -0.166. The van der Waals surface area contributed by atoms with Crippen LogP contribution < -0.4 is 15.2 Å². The van der Waals surface area contributed by atoms with E-state index in [1.165, 1.54) is 25.3 Å². The number of ether oxygens (including phenoxy) is 1. The molecule has 0 spiro atoms. The van der Waals surface area contributed by atoms with Crippen LogP contribution >= 0.6 is 0 Å². The van der Waals surface area contributed by atoms with Crippen molar-refractivity contribution >= 4 is 10.0 Å². The normalized spacial score (nSPS) is 11.1. The molecule has 0 fully saturated rings. The summed E-state index contributed by atoms with van der Waals surface area (Å²) in [6, 6.07) is 3.90. The van der Waals surface area contributed by atoms with Crippen LogP contribution in [0.15, 0.2) is 23.1 Å². The van der Waals surface area contributed by atoms with Crippen LogP contribution in [0, 0.1) is 11.8 Å². The summed E-state index contributed by atoms with van der Waals surface area (Å²) in [7, 11) is -2.60. The van der Waals surface area contributed by atoms with E-state index in [-0.39, 0.29) is 11.4 Å². The molecule has 1 aromatic rings. The van der Waals surface area contributed by atoms with Gasteiger partial charge in [0.1, 0.15) is 5.75 Å². The molecule has 1 aromatic carbocycles. The van der Waals surface area contributed by atoms with Gasteiger partial charge in [-0.05, 0) is 18.2 Å². The van der Waals surface area contributed by atoms with Gasteiger partial charge in [-0.15, -0.1) is 0 Å². The van der Waals surface area contributed by atoms with E-state index >= 15 is 0 Å². The largest absolute Gasteiger partial charge is 0.495 e. The molecule has 20 heavy (non-hydrogen) atoms. The highest BCUT2D eigenvalue weighted by molar-refractivity contribution is 7.89. The zero-order valence-corrected chi connectivity index (χ0v) is 11.5. The lowest BCUT2D eigenvalue weighted by Gasteiger charge is -2.09. The Labute approximate surface area is 116 Å². The van der Waals surface area contributed by atoms with E-state index in [4.69, 9.17) is 10.5 Å². The first-order valence-corrected chi connectivity index (χ1v) is 7.04. The molecule has 110 valence electrons. The molecule has 0 atom stereocenters. The van der Waals surface area contributed by atoms with Crippen LogP contribution in [-0.4, -0.2) is 35.0 Å². The van der Waals surface area contributed by atoms with Crippen molar-refractivity contribution in [2.75, 3.05) is 20.2 Å². The molecule has 0 aliphatic heterocycles. The number of rotatable bonds is 5. The van der Waals surface area contributed by atoms with Gasteiger partial charge in [-0.2, -0.15) is 0 Å². The van der Waals surface area contributed by atoms with E-state index in [1.807, 2.05) is 0 Å². The van der Waals surface area contributed by atoms with Gasteiger partial charge in [0.25, 0.3) is 6.43 Å². The zero-order valence-electron chi connectivity index (χ0n) is 10.7. The van der Waals surface area contributed by atoms with E-state index in [0.29, 0.717) is 11.3 Å². The number of halogens is 2. The summed E-state index contributed by atoms with van der Waals surface area (Å²) in [6.07, 6.45) is -2.76. The molecule has 0 aromatic heterocycles. The first-order valence-electron chi connectivity index (χ1n) is 5.55. The number of alkyl halides is 2. The SMILES string of the molecule is COc1ccc(S(=O)(=O)NCC(F)F)cc1C#CCN. The molecule has 0 saturated carbocycles. The first-order chi connectivity index (χ1) is 9.40. The van der Waals surface area contributed by atoms with Crippen LogP contribution in [0.1, 0.15) is 5.56 Å². The number of benzene rings is 1. The van der Waals surface area contributed by atoms with Gasteiger partial charge in [-0.3, -0.25) is 0 Å². The molecular formula is C12H14F2N2O3S. The Morgan fingerprint density at radius 2 is 2.15 bits per heavy atom. The van der Waals surface area contributed by atoms with E-state index in [2.05, 4.69) is 11.8 Å². The van der Waals surface area contributed by atoms with E-state index < -0.39 is 23.0 Å². The summed E-state index contributed by atoms with van der Waals surface area (Å²) < 4.78 is 54.6. The van der Waals surface area contributed by atoms with Gasteiger partial charge in [-0.25, -0.2) is 21.9 Å². The van der Waals surface area contributed by atoms with Gasteiger partial charge >= 0.3 is 0 Å². The van der Waals surface area contributed by atoms with E-state index in [0.717, 1.165) is 0 Å². The van der Waals surface area contributed by atoms with Crippen LogP contribution in [0.25, 0.3) is 0 Å². The van der Waals surface area contributed by atoms with Crippen LogP contribution in [0.2, 0.25) is 0 Å². The maximum absolute atomic E-state index is 12.1. The van der Waals surface area contributed by atoms with Crippen molar-refractivity contribution in [1.29, 1.82) is 0 Å². The maximum atomic E-state index is 12.1. The molecule has 0 bridgehead atoms. The second kappa shape index (κ2) is 7.19. The van der Waals surface area contributed by atoms with Gasteiger partial charge in [0.2, 0.25) is 10.0 Å². The fraction of sp³-hybridized carbons (Fsp3) is 0.333. The van der Waals surface area contributed by atoms with Gasteiger partial charge in [0.15, 0.2) is 0 Å². The third-order valence-corrected chi connectivity index (χ3v) is 3.66. The standard InChI is InChI=1S/C12H14F2N2O3S/c1-19-11-5-4-10(7-9(11)3-2-6-15)20(17,18)16-8-12(13)14/h4-5,7,12,16H,6,8,15H2,1H3. The van der Waals surface area contributed by atoms with Crippen LogP contribution in [-0.2, 0) is 10.0 Å². The number of nitrogens with two attached hydrogens (primary N) is 1. The molecule has 0 aliphatic carbocycles. The molecule has 0 amide bonds. The average molecular weight is 304 g/mol. The number of hydrogen-bond donors (Lipinski definition) is 2. The lowest BCUT2D eigenvalue weighted by atomic mass is 10.2. The fourth-order valence-electron chi connectivity index (χ4n) is 1.35. The van der Waals surface area contributed by atoms with Crippen molar-refractivity contribution in [2.24, 2.45) is 5.73 Å². The summed E-state index contributed by atoms with van der Waals surface area (Å²) in [5.74, 6) is 5.61. The van der Waals surface area contributed by atoms with E-state index in [9.17, 15) is 17.2 Å². The Morgan fingerprint density at radius 3 is 2.70 bits per heavy atom. The van der Waals surface area contributed by atoms with Crippen molar-refractivity contribution < 1.29 is 21.9 Å². The predicted molar refractivity (Wildman–Crippen MR) is 70.1 cm³/mol. The number of nitrogens with one attached hydrogen (secondary N) is 1. The van der Waals surface area contributed by atoms with Gasteiger partial charge in [-0.1, -0.05) is 11.8 Å². The second-order valence-corrected chi connectivity index (χ2v) is 5.38. The fourth-order valence-corrected chi connectivity index (χ4v) is 2.39. The van der Waals surface area contributed by atoms with E-state index in [1.54, 1.807) is 4.72 Å². The van der Waals surface area contributed by atoms with Crippen LogP contribution in [0.5, 0.6) is 5.75 Å². The Hall–Kier alpha value is -1.69. The highest BCUT2D eigenvalue weighted by atomic mass is 32.2. The molecule has 0 heterocycles. The first kappa shape index (κ1) is 16.4. The molecule has 5 nitrogen and oxygen atoms in total. The maximum Gasteiger partial charge on any atom is 0.251 e. The Morgan fingerprint density at radius 1 is 1.45 bits per heavy atom. The lowest BCUT2D eigenvalue weighted by Crippen LogP contribution is -2.28. The van der Waals surface area contributed by atoms with Crippen molar-refractivity contribution in [1.82, 2.24) is 4.72 Å². The highest BCUT2D eigenvalue weighted by Crippen LogP contribution is 2.21. The molecule has 8 heteroatoms. The minimum absolute atomic E-state index is 0.101. The predicted octanol–water partition coefficient (Wildman–Crippen LogP) is 0.549. The third kappa shape index (κ3) is 4.45. The second-order valence-electron chi connectivity index (χ2n) is 3.61. The third-order valence-electron chi connectivity index (χ3n) is 2.23. The quantitative estimate of drug-likeness (QED) is 0.778. The molecule has 0 aliphatic rings. The number of hydrogen-bond acceptors (Lipinski definition) is 4. The average Bonchev–Trinajstić information content (AvgIpc) is 2.42. The van der Waals surface area contributed by atoms with Crippen molar-refractivity contribution in [3.63, 3.8) is 0 Å². The van der Waals surface area contributed by atoms with Crippen molar-refractivity contribution in [3.8, 4) is 17.6 Å². The van der Waals surface area contributed by atoms with Crippen molar-refractivity contribution in [3.05, 3.63) is 23.8 Å². The van der Waals surface area contributed by atoms with Crippen LogP contribution in [0.4, 0.5) is 8.78 Å². The van der Waals surface area contributed by atoms with Gasteiger partial charge < -0.3 is 10.5 Å². The summed E-state index contributed by atoms with van der Waals surface area (Å²) in [5, 5.41) is 0. The zero-order chi connectivity index (χ0) is 15.2. The molecule has 1 rings (SSSR count). The summed E-state index contributed by atoms with van der Waals surface area (Å²) >= 11 is 0. The minimum Gasteiger partial charge on any atom is -0.495 e. The summed E-state index contributed by atoms with van der Waals surface area (Å²) in [5.41, 5.74) is 5.56. The smallest absolute Gasteiger partial charge is 0.251 e. The van der Waals surface area contributed by atoms with Gasteiger partial charge in [0.05, 0.1) is 30.7 Å². The molecule has 0 saturated heterocycles. The Bertz CT molecular complexity index is 621. The number of methoxy groups -OCH3 is 1. The Balaban J connectivity index is 3.13. The topological polar surface area (TPSA) is 81.4 Å². The molecule has 0 radical (unpaired) electrons. The molecular weight excluding hydrogens is 290 g/mol. The minimum atomic E-state index is -4.01. The number of sulfonamides is 1. The van der Waals surface area contributed by atoms with Crippen molar-refractivity contribution in [2.45, 2.75) is 11.3 Å². The lowest BCUT2D eigenvalue weighted by molar-refractivity contribution is 0.153. The summed E-state index contributed by atoms with van der Waals surface area (Å²) in [6.45, 7) is -0.845.